The van der Waals surface area contributed by atoms with Gasteiger partial charge in [0.2, 0.25) is 17.7 Å². The molecule has 2 heterocycles. The molecule has 0 unspecified atom stereocenters. The predicted octanol–water partition coefficient (Wildman–Crippen LogP) is 3.64. The summed E-state index contributed by atoms with van der Waals surface area (Å²) in [6.07, 6.45) is 3.06. The van der Waals surface area contributed by atoms with E-state index in [2.05, 4.69) is 26.6 Å². The summed E-state index contributed by atoms with van der Waals surface area (Å²) in [5, 5.41) is 15.1. The Morgan fingerprint density at radius 3 is 2.00 bits per heavy atom. The van der Waals surface area contributed by atoms with E-state index in [1.54, 1.807) is 11.9 Å². The number of benzene rings is 3. The Morgan fingerprint density at radius 2 is 1.40 bits per heavy atom. The summed E-state index contributed by atoms with van der Waals surface area (Å²) in [7, 11) is 1.71. The molecule has 0 saturated carbocycles. The Hall–Kier alpha value is -4.70. The molecule has 10 nitrogen and oxygen atoms in total. The van der Waals surface area contributed by atoms with E-state index in [1.807, 2.05) is 97.9 Å². The maximum absolute atomic E-state index is 14.5. The van der Waals surface area contributed by atoms with Crippen LogP contribution >= 0.6 is 0 Å². The molecule has 3 aromatic carbocycles. The van der Waals surface area contributed by atoms with E-state index in [1.165, 1.54) is 0 Å². The van der Waals surface area contributed by atoms with Gasteiger partial charge in [-0.15, -0.1) is 0 Å². The van der Waals surface area contributed by atoms with E-state index < -0.39 is 18.1 Å². The van der Waals surface area contributed by atoms with Crippen molar-refractivity contribution in [2.75, 3.05) is 13.6 Å². The molecule has 3 aromatic rings. The highest BCUT2D eigenvalue weighted by molar-refractivity contribution is 5.94. The fourth-order valence-electron chi connectivity index (χ4n) is 6.82. The van der Waals surface area contributed by atoms with Crippen molar-refractivity contribution in [1.29, 1.82) is 0 Å². The first-order valence-corrected chi connectivity index (χ1v) is 16.6. The van der Waals surface area contributed by atoms with Crippen LogP contribution in [0.15, 0.2) is 91.0 Å². The van der Waals surface area contributed by atoms with Gasteiger partial charge < -0.3 is 31.5 Å². The van der Waals surface area contributed by atoms with Crippen molar-refractivity contribution in [2.45, 2.75) is 75.8 Å². The van der Waals surface area contributed by atoms with Gasteiger partial charge in [0.25, 0.3) is 0 Å². The summed E-state index contributed by atoms with van der Waals surface area (Å²) in [6.45, 7) is 2.48. The van der Waals surface area contributed by atoms with Crippen molar-refractivity contribution >= 4 is 23.8 Å². The number of carbonyl (C=O) groups is 4. The van der Waals surface area contributed by atoms with E-state index in [0.717, 1.165) is 16.7 Å². The zero-order chi connectivity index (χ0) is 33.2. The fraction of sp³-hybridized carbons (Fsp3) is 0.405. The zero-order valence-corrected chi connectivity index (χ0v) is 27.2. The van der Waals surface area contributed by atoms with E-state index >= 15 is 0 Å². The van der Waals surface area contributed by atoms with Gasteiger partial charge in [0.15, 0.2) is 0 Å². The van der Waals surface area contributed by atoms with E-state index in [4.69, 9.17) is 0 Å². The minimum atomic E-state index is -0.892. The van der Waals surface area contributed by atoms with Crippen LogP contribution in [-0.2, 0) is 20.9 Å². The molecule has 5 atom stereocenters. The topological polar surface area (TPSA) is 132 Å². The SMILES string of the molecule is CC[C@H](NC)C(=O)N[C@@H]1C(=O)N2[C@@H](CC[C@@H]1CNC(=O)NCc1ccccc1)CC[C@H]2C(=O)NC(c1ccccc1)c1ccccc1. The second-order valence-electron chi connectivity index (χ2n) is 12.4. The second kappa shape index (κ2) is 16.2. The molecular weight excluding hydrogens is 592 g/mol. The summed E-state index contributed by atoms with van der Waals surface area (Å²) in [5.41, 5.74) is 2.87. The lowest BCUT2D eigenvalue weighted by Gasteiger charge is -2.33. The number of carbonyl (C=O) groups excluding carboxylic acids is 4. The molecule has 47 heavy (non-hydrogen) atoms. The van der Waals surface area contributed by atoms with Crippen LogP contribution in [0.2, 0.25) is 0 Å². The minimum absolute atomic E-state index is 0.132. The number of fused-ring (bicyclic) bond motifs is 1. The lowest BCUT2D eigenvalue weighted by molar-refractivity contribution is -0.143. The van der Waals surface area contributed by atoms with E-state index in [9.17, 15) is 19.2 Å². The van der Waals surface area contributed by atoms with Gasteiger partial charge in [-0.1, -0.05) is 97.9 Å². The summed E-state index contributed by atoms with van der Waals surface area (Å²) in [4.78, 5) is 56.3. The van der Waals surface area contributed by atoms with Crippen LogP contribution in [0.25, 0.3) is 0 Å². The van der Waals surface area contributed by atoms with Crippen molar-refractivity contribution in [2.24, 2.45) is 5.92 Å². The van der Waals surface area contributed by atoms with Crippen LogP contribution < -0.4 is 26.6 Å². The smallest absolute Gasteiger partial charge is 0.315 e. The molecular formula is C37H46N6O4. The molecule has 2 saturated heterocycles. The molecule has 0 spiro atoms. The molecule has 5 amide bonds. The van der Waals surface area contributed by atoms with Gasteiger partial charge in [-0.2, -0.15) is 0 Å². The van der Waals surface area contributed by atoms with Gasteiger partial charge in [0.1, 0.15) is 12.1 Å². The third-order valence-electron chi connectivity index (χ3n) is 9.41. The van der Waals surface area contributed by atoms with Crippen molar-refractivity contribution in [3.63, 3.8) is 0 Å². The summed E-state index contributed by atoms with van der Waals surface area (Å²) < 4.78 is 0. The zero-order valence-electron chi connectivity index (χ0n) is 27.2. The number of rotatable bonds is 12. The quantitative estimate of drug-likeness (QED) is 0.207. The molecule has 0 radical (unpaired) electrons. The first-order valence-electron chi connectivity index (χ1n) is 16.6. The van der Waals surface area contributed by atoms with Crippen molar-refractivity contribution < 1.29 is 19.2 Å². The maximum atomic E-state index is 14.5. The molecule has 0 aromatic heterocycles. The van der Waals surface area contributed by atoms with Gasteiger partial charge in [0.05, 0.1) is 12.1 Å². The monoisotopic (exact) mass is 638 g/mol. The van der Waals surface area contributed by atoms with Gasteiger partial charge in [-0.05, 0) is 55.8 Å². The van der Waals surface area contributed by atoms with Crippen LogP contribution in [0.5, 0.6) is 0 Å². The fourth-order valence-corrected chi connectivity index (χ4v) is 6.82. The van der Waals surface area contributed by atoms with Crippen LogP contribution in [0.4, 0.5) is 4.79 Å². The van der Waals surface area contributed by atoms with Crippen LogP contribution in [0.3, 0.4) is 0 Å². The molecule has 2 aliphatic heterocycles. The van der Waals surface area contributed by atoms with E-state index in [0.29, 0.717) is 38.6 Å². The third kappa shape index (κ3) is 8.37. The normalized spacial score (nSPS) is 21.3. The molecule has 5 N–H and O–H groups in total. The number of urea groups is 1. The Bertz CT molecular complexity index is 1440. The summed E-state index contributed by atoms with van der Waals surface area (Å²) >= 11 is 0. The highest BCUT2D eigenvalue weighted by Crippen LogP contribution is 2.35. The first kappa shape index (κ1) is 33.7. The van der Waals surface area contributed by atoms with Crippen LogP contribution in [0, 0.1) is 5.92 Å². The number of amides is 5. The van der Waals surface area contributed by atoms with E-state index in [-0.39, 0.29) is 48.3 Å². The van der Waals surface area contributed by atoms with Crippen molar-refractivity contribution in [3.05, 3.63) is 108 Å². The minimum Gasteiger partial charge on any atom is -0.343 e. The Labute approximate surface area is 277 Å². The molecule has 2 fully saturated rings. The summed E-state index contributed by atoms with van der Waals surface area (Å²) in [6, 6.07) is 26.3. The molecule has 5 rings (SSSR count). The van der Waals surface area contributed by atoms with Crippen LogP contribution in [0.1, 0.15) is 61.8 Å². The average Bonchev–Trinajstić information content (AvgIpc) is 3.49. The number of likely N-dealkylation sites (N-methyl/N-ethyl adjacent to an activating group) is 1. The van der Waals surface area contributed by atoms with Gasteiger partial charge in [-0.3, -0.25) is 14.4 Å². The first-order chi connectivity index (χ1) is 22.9. The highest BCUT2D eigenvalue weighted by Gasteiger charge is 2.48. The molecule has 2 aliphatic rings. The molecule has 10 heteroatoms. The molecule has 248 valence electrons. The van der Waals surface area contributed by atoms with Crippen molar-refractivity contribution in [3.8, 4) is 0 Å². The lowest BCUT2D eigenvalue weighted by Crippen LogP contribution is -2.59. The second-order valence-corrected chi connectivity index (χ2v) is 12.4. The lowest BCUT2D eigenvalue weighted by atomic mass is 9.92. The Balaban J connectivity index is 1.33. The largest absolute Gasteiger partial charge is 0.343 e. The number of hydrogen-bond donors (Lipinski definition) is 5. The molecule has 0 aliphatic carbocycles. The number of nitrogens with zero attached hydrogens (tertiary/aromatic N) is 1. The standard InChI is InChI=1S/C37H46N6O4/c1-3-30(38-2)34(44)42-33-28(24-40-37(47)39-23-25-13-7-4-8-14-25)19-20-29-21-22-31(43(29)36(33)46)35(45)41-32(26-15-9-5-10-16-26)27-17-11-6-12-18-27/h4-18,28-33,38H,3,19-24H2,1-2H3,(H,41,45)(H,42,44)(H2,39,40,47)/t28-,29+,30+,31+,33+/m1/s1. The van der Waals surface area contributed by atoms with Gasteiger partial charge in [-0.25, -0.2) is 4.79 Å². The average molecular weight is 639 g/mol. The molecule has 0 bridgehead atoms. The number of nitrogens with one attached hydrogen (secondary N) is 5. The Morgan fingerprint density at radius 1 is 0.809 bits per heavy atom. The third-order valence-corrected chi connectivity index (χ3v) is 9.41. The van der Waals surface area contributed by atoms with Gasteiger partial charge >= 0.3 is 6.03 Å². The Kier molecular flexibility index (Phi) is 11.6. The highest BCUT2D eigenvalue weighted by atomic mass is 16.2. The maximum Gasteiger partial charge on any atom is 0.315 e. The van der Waals surface area contributed by atoms with Gasteiger partial charge in [0, 0.05) is 25.0 Å². The number of hydrogen-bond acceptors (Lipinski definition) is 5. The van der Waals surface area contributed by atoms with Crippen LogP contribution in [-0.4, -0.2) is 66.4 Å². The summed E-state index contributed by atoms with van der Waals surface area (Å²) in [5.74, 6) is -1.13. The van der Waals surface area contributed by atoms with Crippen molar-refractivity contribution in [1.82, 2.24) is 31.5 Å². The predicted molar refractivity (Wildman–Crippen MR) is 181 cm³/mol.